The summed E-state index contributed by atoms with van der Waals surface area (Å²) in [5.41, 5.74) is 0.280. The number of sulfonamides is 1. The minimum Gasteiger partial charge on any atom is -0.225 e. The summed E-state index contributed by atoms with van der Waals surface area (Å²) in [6, 6.07) is 5.23. The Balaban J connectivity index is 3.20. The molecule has 0 aliphatic carbocycles. The van der Waals surface area contributed by atoms with E-state index in [1.165, 1.54) is 24.3 Å². The van der Waals surface area contributed by atoms with Gasteiger partial charge in [0.05, 0.1) is 4.90 Å². The summed E-state index contributed by atoms with van der Waals surface area (Å²) in [6.07, 6.45) is 0. The van der Waals surface area contributed by atoms with Gasteiger partial charge in [0.15, 0.2) is 4.98 Å². The van der Waals surface area contributed by atoms with Crippen LogP contribution in [0.3, 0.4) is 0 Å². The zero-order chi connectivity index (χ0) is 9.19. The molecule has 0 saturated heterocycles. The number of diazo groups is 1. The van der Waals surface area contributed by atoms with Crippen LogP contribution in [0, 0.1) is 5.39 Å². The van der Waals surface area contributed by atoms with Crippen LogP contribution in [0.15, 0.2) is 29.2 Å². The van der Waals surface area contributed by atoms with E-state index in [0.29, 0.717) is 0 Å². The molecule has 0 heterocycles. The lowest BCUT2D eigenvalue weighted by Gasteiger charge is -1.92. The van der Waals surface area contributed by atoms with Gasteiger partial charge in [-0.1, -0.05) is 0 Å². The molecule has 0 aromatic heterocycles. The van der Waals surface area contributed by atoms with E-state index in [1.807, 2.05) is 0 Å². The van der Waals surface area contributed by atoms with Gasteiger partial charge in [-0.2, -0.15) is 0 Å². The first-order valence-corrected chi connectivity index (χ1v) is 4.56. The number of benzene rings is 1. The molecule has 2 N–H and O–H groups in total. The molecule has 12 heavy (non-hydrogen) atoms. The van der Waals surface area contributed by atoms with E-state index < -0.39 is 10.0 Å². The van der Waals surface area contributed by atoms with Crippen molar-refractivity contribution < 1.29 is 8.42 Å². The molecule has 0 unspecified atom stereocenters. The molecule has 1 rings (SSSR count). The van der Waals surface area contributed by atoms with E-state index in [-0.39, 0.29) is 10.6 Å². The minimum atomic E-state index is -3.65. The van der Waals surface area contributed by atoms with E-state index in [2.05, 4.69) is 4.98 Å². The zero-order valence-corrected chi connectivity index (χ0v) is 6.82. The van der Waals surface area contributed by atoms with Crippen molar-refractivity contribution in [2.75, 3.05) is 0 Å². The first-order chi connectivity index (χ1) is 5.54. The lowest BCUT2D eigenvalue weighted by atomic mass is 10.3. The molecule has 0 aliphatic heterocycles. The predicted molar refractivity (Wildman–Crippen MR) is 42.6 cm³/mol. The first-order valence-electron chi connectivity index (χ1n) is 3.02. The van der Waals surface area contributed by atoms with Gasteiger partial charge < -0.3 is 0 Å². The van der Waals surface area contributed by atoms with Gasteiger partial charge in [0, 0.05) is 12.1 Å². The van der Waals surface area contributed by atoms with E-state index in [9.17, 15) is 8.42 Å². The molecule has 1 aromatic carbocycles. The van der Waals surface area contributed by atoms with Gasteiger partial charge in [-0.25, -0.2) is 13.6 Å². The lowest BCUT2D eigenvalue weighted by molar-refractivity contribution is 0.598. The third-order valence-corrected chi connectivity index (χ3v) is 2.21. The maximum atomic E-state index is 10.7. The predicted octanol–water partition coefficient (Wildman–Crippen LogP) is 0.819. The Morgan fingerprint density at radius 3 is 2.08 bits per heavy atom. The molecule has 6 heteroatoms. The van der Waals surface area contributed by atoms with Gasteiger partial charge >= 0.3 is 5.69 Å². The molecular formula is C6H6N3O2S+. The second-order valence-corrected chi connectivity index (χ2v) is 3.70. The summed E-state index contributed by atoms with van der Waals surface area (Å²) in [5.74, 6) is 0. The van der Waals surface area contributed by atoms with E-state index in [0.717, 1.165) is 0 Å². The van der Waals surface area contributed by atoms with Crippen molar-refractivity contribution in [3.63, 3.8) is 0 Å². The largest absolute Gasteiger partial charge is 0.385 e. The normalized spacial score (nSPS) is 10.7. The summed E-state index contributed by atoms with van der Waals surface area (Å²) in [6.45, 7) is 0. The van der Waals surface area contributed by atoms with Crippen molar-refractivity contribution in [1.29, 1.82) is 5.39 Å². The summed E-state index contributed by atoms with van der Waals surface area (Å²) in [7, 11) is -3.65. The Hall–Kier alpha value is -1.45. The third-order valence-electron chi connectivity index (χ3n) is 1.28. The monoisotopic (exact) mass is 184 g/mol. The van der Waals surface area contributed by atoms with Crippen LogP contribution in [-0.4, -0.2) is 8.42 Å². The van der Waals surface area contributed by atoms with Crippen LogP contribution in [0.5, 0.6) is 0 Å². The fourth-order valence-corrected chi connectivity index (χ4v) is 1.22. The smallest absolute Gasteiger partial charge is 0.225 e. The summed E-state index contributed by atoms with van der Waals surface area (Å²) in [5, 5.41) is 13.1. The average molecular weight is 184 g/mol. The van der Waals surface area contributed by atoms with Crippen LogP contribution < -0.4 is 5.14 Å². The zero-order valence-electron chi connectivity index (χ0n) is 6.01. The second kappa shape index (κ2) is 2.89. The minimum absolute atomic E-state index is 0.00472. The quantitative estimate of drug-likeness (QED) is 0.655. The van der Waals surface area contributed by atoms with Gasteiger partial charge in [0.1, 0.15) is 0 Å². The molecule has 62 valence electrons. The molecule has 0 bridgehead atoms. The molecule has 0 aliphatic rings. The van der Waals surface area contributed by atoms with E-state index in [1.54, 1.807) is 0 Å². The maximum Gasteiger partial charge on any atom is 0.385 e. The Kier molecular flexibility index (Phi) is 2.08. The highest BCUT2D eigenvalue weighted by Gasteiger charge is 2.09. The summed E-state index contributed by atoms with van der Waals surface area (Å²) in [4.78, 5) is 2.85. The molecule has 1 aromatic rings. The molecule has 0 spiro atoms. The summed E-state index contributed by atoms with van der Waals surface area (Å²) < 4.78 is 21.4. The van der Waals surface area contributed by atoms with Gasteiger partial charge in [-0.15, -0.1) is 0 Å². The Labute approximate surface area is 69.5 Å². The highest BCUT2D eigenvalue weighted by molar-refractivity contribution is 7.89. The van der Waals surface area contributed by atoms with Gasteiger partial charge in [-0.3, -0.25) is 0 Å². The topological polar surface area (TPSA) is 88.3 Å². The highest BCUT2D eigenvalue weighted by atomic mass is 32.2. The van der Waals surface area contributed by atoms with Crippen LogP contribution in [0.1, 0.15) is 0 Å². The number of hydrogen-bond donors (Lipinski definition) is 1. The van der Waals surface area contributed by atoms with Gasteiger partial charge in [0.2, 0.25) is 15.4 Å². The van der Waals surface area contributed by atoms with Crippen molar-refractivity contribution in [1.82, 2.24) is 0 Å². The van der Waals surface area contributed by atoms with Crippen LogP contribution >= 0.6 is 0 Å². The SMILES string of the molecule is N#[N+]c1ccc(S(N)(=O)=O)cc1. The van der Waals surface area contributed by atoms with Crippen molar-refractivity contribution in [2.45, 2.75) is 4.90 Å². The number of rotatable bonds is 1. The Bertz CT molecular complexity index is 415. The molecular weight excluding hydrogens is 178 g/mol. The van der Waals surface area contributed by atoms with Crippen molar-refractivity contribution in [2.24, 2.45) is 5.14 Å². The van der Waals surface area contributed by atoms with Crippen LogP contribution in [0.2, 0.25) is 0 Å². The van der Waals surface area contributed by atoms with Crippen LogP contribution in [0.25, 0.3) is 4.98 Å². The summed E-state index contributed by atoms with van der Waals surface area (Å²) >= 11 is 0. The van der Waals surface area contributed by atoms with Crippen molar-refractivity contribution >= 4 is 15.7 Å². The molecule has 0 fully saturated rings. The first kappa shape index (κ1) is 8.64. The van der Waals surface area contributed by atoms with Crippen molar-refractivity contribution in [3.05, 3.63) is 29.2 Å². The van der Waals surface area contributed by atoms with E-state index in [4.69, 9.17) is 10.5 Å². The second-order valence-electron chi connectivity index (χ2n) is 2.14. The molecule has 0 amide bonds. The number of nitrogens with zero attached hydrogens (tertiary/aromatic N) is 2. The van der Waals surface area contributed by atoms with Crippen LogP contribution in [0.4, 0.5) is 5.69 Å². The Morgan fingerprint density at radius 2 is 1.75 bits per heavy atom. The van der Waals surface area contributed by atoms with Gasteiger partial charge in [0.25, 0.3) is 0 Å². The Morgan fingerprint density at radius 1 is 1.25 bits per heavy atom. The molecule has 5 nitrogen and oxygen atoms in total. The van der Waals surface area contributed by atoms with Crippen LogP contribution in [-0.2, 0) is 10.0 Å². The fourth-order valence-electron chi connectivity index (χ4n) is 0.702. The molecule has 0 saturated carbocycles. The maximum absolute atomic E-state index is 10.7. The molecule has 0 atom stereocenters. The third kappa shape index (κ3) is 1.78. The standard InChI is InChI=1S/C6H6N3O2S/c7-9-5-1-3-6(4-2-5)12(8,10)11/h1-4H,(H2,8,10,11)/q+1. The fraction of sp³-hybridized carbons (Fsp3) is 0. The number of primary sulfonamides is 1. The average Bonchev–Trinajstić information content (AvgIpc) is 2.03. The number of hydrogen-bond acceptors (Lipinski definition) is 3. The van der Waals surface area contributed by atoms with E-state index >= 15 is 0 Å². The highest BCUT2D eigenvalue weighted by Crippen LogP contribution is 2.14. The number of nitrogens with two attached hydrogens (primary N) is 1. The van der Waals surface area contributed by atoms with Crippen molar-refractivity contribution in [3.8, 4) is 0 Å². The molecule has 0 radical (unpaired) electrons. The van der Waals surface area contributed by atoms with Gasteiger partial charge in [-0.05, 0) is 12.1 Å². The lowest BCUT2D eigenvalue weighted by Crippen LogP contribution is -2.11.